The molecule has 0 spiro atoms. The van der Waals surface area contributed by atoms with Gasteiger partial charge in [-0.1, -0.05) is 0 Å². The molecule has 0 aromatic carbocycles. The minimum Gasteiger partial charge on any atom is -0.380 e. The molecule has 6 heteroatoms. The summed E-state index contributed by atoms with van der Waals surface area (Å²) in [6.45, 7) is 0. The summed E-state index contributed by atoms with van der Waals surface area (Å²) in [5.74, 6) is 0.384. The van der Waals surface area contributed by atoms with E-state index in [4.69, 9.17) is 0 Å². The maximum Gasteiger partial charge on any atom is 0.157 e. The average molecular weight is 177 g/mol. The van der Waals surface area contributed by atoms with Gasteiger partial charge in [0.15, 0.2) is 5.82 Å². The number of aliphatic hydroxyl groups excluding tert-OH is 1. The first-order chi connectivity index (χ1) is 6.38. The summed E-state index contributed by atoms with van der Waals surface area (Å²) in [6, 6.07) is 0. The molecule has 0 radical (unpaired) electrons. The second kappa shape index (κ2) is 3.28. The summed E-state index contributed by atoms with van der Waals surface area (Å²) in [6.07, 6.45) is 4.95. The van der Waals surface area contributed by atoms with Gasteiger partial charge in [-0.25, -0.2) is 15.0 Å². The van der Waals surface area contributed by atoms with E-state index in [1.54, 1.807) is 0 Å². The Balaban J connectivity index is 2.29. The number of aliphatic hydroxyl groups is 1. The molecule has 0 saturated heterocycles. The van der Waals surface area contributed by atoms with Crippen molar-refractivity contribution < 1.29 is 5.11 Å². The van der Waals surface area contributed by atoms with Gasteiger partial charge in [-0.2, -0.15) is 5.10 Å². The van der Waals surface area contributed by atoms with Crippen molar-refractivity contribution in [3.05, 3.63) is 36.4 Å². The van der Waals surface area contributed by atoms with Crippen LogP contribution in [0.15, 0.2) is 25.0 Å². The van der Waals surface area contributed by atoms with E-state index in [-0.39, 0.29) is 0 Å². The summed E-state index contributed by atoms with van der Waals surface area (Å²) in [5.41, 5.74) is 0.583. The standard InChI is InChI=1S/C7H7N5O/c13-6(7-10-4-11-12-7)5-1-8-3-9-2-5/h1-4,6,13H,(H,10,11,12). The van der Waals surface area contributed by atoms with Crippen molar-refractivity contribution in [2.45, 2.75) is 6.10 Å². The van der Waals surface area contributed by atoms with Gasteiger partial charge >= 0.3 is 0 Å². The van der Waals surface area contributed by atoms with Gasteiger partial charge in [0.2, 0.25) is 0 Å². The zero-order valence-corrected chi connectivity index (χ0v) is 6.62. The lowest BCUT2D eigenvalue weighted by Gasteiger charge is -2.04. The van der Waals surface area contributed by atoms with Crippen molar-refractivity contribution in [3.8, 4) is 0 Å². The van der Waals surface area contributed by atoms with Gasteiger partial charge in [0.1, 0.15) is 18.8 Å². The molecule has 1 atom stereocenters. The van der Waals surface area contributed by atoms with E-state index in [1.165, 1.54) is 25.0 Å². The van der Waals surface area contributed by atoms with E-state index in [2.05, 4.69) is 25.1 Å². The van der Waals surface area contributed by atoms with Crippen molar-refractivity contribution in [2.24, 2.45) is 0 Å². The molecule has 2 aromatic heterocycles. The van der Waals surface area contributed by atoms with Crippen LogP contribution in [0, 0.1) is 0 Å². The second-order valence-electron chi connectivity index (χ2n) is 2.45. The predicted octanol–water partition coefficient (Wildman–Crippen LogP) is -0.324. The molecule has 0 aliphatic carbocycles. The topological polar surface area (TPSA) is 87.6 Å². The first-order valence-electron chi connectivity index (χ1n) is 3.66. The van der Waals surface area contributed by atoms with Crippen molar-refractivity contribution in [1.29, 1.82) is 0 Å². The molecule has 6 nitrogen and oxygen atoms in total. The third kappa shape index (κ3) is 1.52. The number of nitrogens with zero attached hydrogens (tertiary/aromatic N) is 4. The molecule has 0 amide bonds. The van der Waals surface area contributed by atoms with E-state index in [9.17, 15) is 5.11 Å². The zero-order chi connectivity index (χ0) is 9.10. The Morgan fingerprint density at radius 2 is 2.00 bits per heavy atom. The largest absolute Gasteiger partial charge is 0.380 e. The fourth-order valence-corrected chi connectivity index (χ4v) is 0.956. The van der Waals surface area contributed by atoms with Crippen LogP contribution in [0.3, 0.4) is 0 Å². The number of H-pyrrole nitrogens is 1. The van der Waals surface area contributed by atoms with E-state index in [1.807, 2.05) is 0 Å². The minimum absolute atomic E-state index is 0.384. The van der Waals surface area contributed by atoms with Crippen LogP contribution in [-0.4, -0.2) is 30.3 Å². The van der Waals surface area contributed by atoms with Crippen molar-refractivity contribution in [3.63, 3.8) is 0 Å². The predicted molar refractivity (Wildman–Crippen MR) is 42.5 cm³/mol. The molecular formula is C7H7N5O. The second-order valence-corrected chi connectivity index (χ2v) is 2.45. The number of hydrogen-bond acceptors (Lipinski definition) is 5. The summed E-state index contributed by atoms with van der Waals surface area (Å²) in [4.78, 5) is 11.4. The zero-order valence-electron chi connectivity index (χ0n) is 6.62. The third-order valence-electron chi connectivity index (χ3n) is 1.59. The Morgan fingerprint density at radius 1 is 1.23 bits per heavy atom. The number of rotatable bonds is 2. The van der Waals surface area contributed by atoms with Gasteiger partial charge in [0.05, 0.1) is 0 Å². The smallest absolute Gasteiger partial charge is 0.157 e. The van der Waals surface area contributed by atoms with Gasteiger partial charge in [-0.05, 0) is 0 Å². The Morgan fingerprint density at radius 3 is 2.62 bits per heavy atom. The van der Waals surface area contributed by atoms with Crippen LogP contribution in [-0.2, 0) is 0 Å². The third-order valence-corrected chi connectivity index (χ3v) is 1.59. The monoisotopic (exact) mass is 177 g/mol. The molecule has 0 bridgehead atoms. The Hall–Kier alpha value is -1.82. The first kappa shape index (κ1) is 7.81. The molecule has 2 heterocycles. The lowest BCUT2D eigenvalue weighted by Crippen LogP contribution is -2.02. The van der Waals surface area contributed by atoms with Gasteiger partial charge in [0.25, 0.3) is 0 Å². The van der Waals surface area contributed by atoms with Crippen LogP contribution in [0.2, 0.25) is 0 Å². The van der Waals surface area contributed by atoms with Gasteiger partial charge in [-0.3, -0.25) is 5.10 Å². The number of nitrogens with one attached hydrogen (secondary N) is 1. The quantitative estimate of drug-likeness (QED) is 0.656. The molecule has 2 aromatic rings. The average Bonchev–Trinajstić information content (AvgIpc) is 2.71. The highest BCUT2D eigenvalue weighted by Crippen LogP contribution is 2.14. The molecule has 1 unspecified atom stereocenters. The van der Waals surface area contributed by atoms with Gasteiger partial charge in [0, 0.05) is 18.0 Å². The van der Waals surface area contributed by atoms with Crippen LogP contribution in [0.4, 0.5) is 0 Å². The van der Waals surface area contributed by atoms with Crippen LogP contribution >= 0.6 is 0 Å². The molecular weight excluding hydrogens is 170 g/mol. The fourth-order valence-electron chi connectivity index (χ4n) is 0.956. The summed E-state index contributed by atoms with van der Waals surface area (Å²) < 4.78 is 0. The molecule has 0 saturated carbocycles. The highest BCUT2D eigenvalue weighted by atomic mass is 16.3. The van der Waals surface area contributed by atoms with Crippen molar-refractivity contribution in [1.82, 2.24) is 25.1 Å². The lowest BCUT2D eigenvalue weighted by atomic mass is 10.2. The normalized spacial score (nSPS) is 12.7. The lowest BCUT2D eigenvalue weighted by molar-refractivity contribution is 0.209. The van der Waals surface area contributed by atoms with E-state index < -0.39 is 6.10 Å². The molecule has 0 aliphatic heterocycles. The minimum atomic E-state index is -0.844. The van der Waals surface area contributed by atoms with Gasteiger partial charge < -0.3 is 5.11 Å². The summed E-state index contributed by atoms with van der Waals surface area (Å²) in [5, 5.41) is 15.9. The molecule has 0 aliphatic rings. The Labute approximate surface area is 73.7 Å². The first-order valence-corrected chi connectivity index (χ1v) is 3.66. The van der Waals surface area contributed by atoms with Crippen LogP contribution < -0.4 is 0 Å². The summed E-state index contributed by atoms with van der Waals surface area (Å²) in [7, 11) is 0. The molecule has 2 N–H and O–H groups in total. The molecule has 2 rings (SSSR count). The molecule has 0 fully saturated rings. The molecule has 66 valence electrons. The number of hydrogen-bond donors (Lipinski definition) is 2. The van der Waals surface area contributed by atoms with Crippen molar-refractivity contribution in [2.75, 3.05) is 0 Å². The van der Waals surface area contributed by atoms with Crippen molar-refractivity contribution >= 4 is 0 Å². The highest BCUT2D eigenvalue weighted by Gasteiger charge is 2.12. The van der Waals surface area contributed by atoms with E-state index in [0.717, 1.165) is 0 Å². The number of aromatic amines is 1. The fraction of sp³-hybridized carbons (Fsp3) is 0.143. The Kier molecular flexibility index (Phi) is 1.97. The highest BCUT2D eigenvalue weighted by molar-refractivity contribution is 5.14. The van der Waals surface area contributed by atoms with E-state index >= 15 is 0 Å². The Bertz CT molecular complexity index is 360. The van der Waals surface area contributed by atoms with Crippen LogP contribution in [0.25, 0.3) is 0 Å². The maximum absolute atomic E-state index is 9.67. The van der Waals surface area contributed by atoms with Gasteiger partial charge in [-0.15, -0.1) is 0 Å². The summed E-state index contributed by atoms with van der Waals surface area (Å²) >= 11 is 0. The van der Waals surface area contributed by atoms with Crippen LogP contribution in [0.1, 0.15) is 17.5 Å². The van der Waals surface area contributed by atoms with E-state index in [0.29, 0.717) is 11.4 Å². The maximum atomic E-state index is 9.67. The van der Waals surface area contributed by atoms with Crippen LogP contribution in [0.5, 0.6) is 0 Å². The number of aromatic nitrogens is 5. The molecule has 13 heavy (non-hydrogen) atoms. The SMILES string of the molecule is OC(c1cncnc1)c1ncn[nH]1.